The van der Waals surface area contributed by atoms with Gasteiger partial charge in [-0.25, -0.2) is 19.3 Å². The average molecular weight is 360 g/mol. The zero-order chi connectivity index (χ0) is 17.1. The van der Waals surface area contributed by atoms with Crippen LogP contribution >= 0.6 is 12.2 Å². The van der Waals surface area contributed by atoms with E-state index in [0.717, 1.165) is 36.9 Å². The van der Waals surface area contributed by atoms with E-state index in [4.69, 9.17) is 12.2 Å². The van der Waals surface area contributed by atoms with Crippen molar-refractivity contribution in [3.63, 3.8) is 0 Å². The van der Waals surface area contributed by atoms with Crippen LogP contribution in [-0.2, 0) is 6.67 Å². The summed E-state index contributed by atoms with van der Waals surface area (Å²) in [5, 5.41) is 8.64. The van der Waals surface area contributed by atoms with Crippen molar-refractivity contribution in [1.82, 2.24) is 34.7 Å². The van der Waals surface area contributed by atoms with Gasteiger partial charge in [0.15, 0.2) is 0 Å². The van der Waals surface area contributed by atoms with Crippen molar-refractivity contribution in [2.75, 3.05) is 31.1 Å². The van der Waals surface area contributed by atoms with Crippen LogP contribution in [0.4, 0.5) is 5.95 Å². The molecule has 0 bridgehead atoms. The largest absolute Gasteiger partial charge is 0.338 e. The summed E-state index contributed by atoms with van der Waals surface area (Å²) in [6.45, 7) is 4.41. The van der Waals surface area contributed by atoms with E-state index in [9.17, 15) is 0 Å². The van der Waals surface area contributed by atoms with Crippen LogP contribution in [0.2, 0.25) is 0 Å². The molecule has 25 heavy (non-hydrogen) atoms. The van der Waals surface area contributed by atoms with E-state index < -0.39 is 0 Å². The first-order valence-corrected chi connectivity index (χ1v) is 9.49. The minimum absolute atomic E-state index is 0.432. The highest BCUT2D eigenvalue weighted by molar-refractivity contribution is 7.71. The molecular formula is C16H24N8S. The van der Waals surface area contributed by atoms with Crippen molar-refractivity contribution in [2.45, 2.75) is 44.8 Å². The number of anilines is 1. The molecule has 134 valence electrons. The van der Waals surface area contributed by atoms with Gasteiger partial charge in [0.25, 0.3) is 0 Å². The average Bonchev–Trinajstić information content (AvgIpc) is 3.04. The van der Waals surface area contributed by atoms with Gasteiger partial charge < -0.3 is 4.90 Å². The normalized spacial score (nSPS) is 20.1. The van der Waals surface area contributed by atoms with Gasteiger partial charge in [0.2, 0.25) is 10.7 Å². The quantitative estimate of drug-likeness (QED) is 0.771. The van der Waals surface area contributed by atoms with Gasteiger partial charge in [-0.1, -0.05) is 19.3 Å². The zero-order valence-electron chi connectivity index (χ0n) is 14.4. The van der Waals surface area contributed by atoms with Crippen molar-refractivity contribution in [1.29, 1.82) is 0 Å². The molecule has 8 nitrogen and oxygen atoms in total. The molecule has 1 aliphatic heterocycles. The lowest BCUT2D eigenvalue weighted by molar-refractivity contribution is 0.192. The standard InChI is InChI=1S/C16H24N8S/c25-16-23(19-20-24(16)14-5-2-1-3-6-14)13-21-9-11-22(12-10-21)15-17-7-4-8-18-15/h4,7-8,14H,1-3,5-6,9-13H2. The van der Waals surface area contributed by atoms with Gasteiger partial charge in [0.1, 0.15) is 0 Å². The van der Waals surface area contributed by atoms with Gasteiger partial charge in [-0.05, 0) is 41.6 Å². The molecule has 0 radical (unpaired) electrons. The van der Waals surface area contributed by atoms with Crippen LogP contribution in [0.3, 0.4) is 0 Å². The van der Waals surface area contributed by atoms with Gasteiger partial charge in [-0.2, -0.15) is 0 Å². The number of aromatic nitrogens is 6. The van der Waals surface area contributed by atoms with E-state index in [2.05, 4.69) is 30.2 Å². The molecule has 2 fully saturated rings. The number of piperazine rings is 1. The number of tetrazole rings is 1. The Hall–Kier alpha value is -1.87. The molecule has 2 aromatic rings. The third-order valence-electron chi connectivity index (χ3n) is 5.12. The summed E-state index contributed by atoms with van der Waals surface area (Å²) in [5.41, 5.74) is 0. The third-order valence-corrected chi connectivity index (χ3v) is 5.52. The van der Waals surface area contributed by atoms with Crippen molar-refractivity contribution in [3.05, 3.63) is 23.2 Å². The Kier molecular flexibility index (Phi) is 5.02. The lowest BCUT2D eigenvalue weighted by atomic mass is 9.96. The van der Waals surface area contributed by atoms with Gasteiger partial charge >= 0.3 is 0 Å². The fourth-order valence-corrected chi connectivity index (χ4v) is 3.94. The molecule has 0 unspecified atom stereocenters. The fourth-order valence-electron chi connectivity index (χ4n) is 3.66. The summed E-state index contributed by atoms with van der Waals surface area (Å²) in [7, 11) is 0. The Morgan fingerprint density at radius 3 is 2.40 bits per heavy atom. The first kappa shape index (κ1) is 16.6. The van der Waals surface area contributed by atoms with Crippen molar-refractivity contribution in [3.8, 4) is 0 Å². The van der Waals surface area contributed by atoms with Crippen molar-refractivity contribution >= 4 is 18.2 Å². The summed E-state index contributed by atoms with van der Waals surface area (Å²) in [5.74, 6) is 0.807. The summed E-state index contributed by atoms with van der Waals surface area (Å²) in [4.78, 5) is 13.2. The molecule has 0 aromatic carbocycles. The molecule has 0 amide bonds. The van der Waals surface area contributed by atoms with E-state index in [1.54, 1.807) is 12.4 Å². The summed E-state index contributed by atoms with van der Waals surface area (Å²) in [6.07, 6.45) is 9.78. The Labute approximate surface area is 152 Å². The molecule has 3 heterocycles. The van der Waals surface area contributed by atoms with Crippen molar-refractivity contribution < 1.29 is 0 Å². The third kappa shape index (κ3) is 3.72. The smallest absolute Gasteiger partial charge is 0.225 e. The van der Waals surface area contributed by atoms with E-state index in [0.29, 0.717) is 12.7 Å². The topological polar surface area (TPSA) is 67.9 Å². The second-order valence-corrected chi connectivity index (χ2v) is 7.16. The van der Waals surface area contributed by atoms with Crippen LogP contribution in [0.15, 0.2) is 18.5 Å². The van der Waals surface area contributed by atoms with Gasteiger partial charge in [0.05, 0.1) is 12.7 Å². The molecule has 4 rings (SSSR count). The molecule has 0 atom stereocenters. The Balaban J connectivity index is 1.36. The van der Waals surface area contributed by atoms with Crippen LogP contribution in [0.1, 0.15) is 38.1 Å². The fraction of sp³-hybridized carbons (Fsp3) is 0.688. The van der Waals surface area contributed by atoms with Crippen LogP contribution in [0.5, 0.6) is 0 Å². The highest BCUT2D eigenvalue weighted by atomic mass is 32.1. The molecule has 0 spiro atoms. The Bertz CT molecular complexity index is 728. The van der Waals surface area contributed by atoms with Crippen LogP contribution < -0.4 is 4.90 Å². The monoisotopic (exact) mass is 360 g/mol. The highest BCUT2D eigenvalue weighted by Crippen LogP contribution is 2.27. The molecule has 1 saturated carbocycles. The number of hydrogen-bond donors (Lipinski definition) is 0. The molecule has 2 aromatic heterocycles. The molecule has 2 aliphatic rings. The summed E-state index contributed by atoms with van der Waals surface area (Å²) in [6, 6.07) is 2.28. The van der Waals surface area contributed by atoms with Gasteiger partial charge in [-0.15, -0.1) is 0 Å². The SMILES string of the molecule is S=c1n(CN2CCN(c3ncccn3)CC2)nnn1C1CCCCC1. The van der Waals surface area contributed by atoms with Gasteiger partial charge in [0, 0.05) is 38.6 Å². The van der Waals surface area contributed by atoms with Crippen molar-refractivity contribution in [2.24, 2.45) is 0 Å². The minimum Gasteiger partial charge on any atom is -0.338 e. The maximum absolute atomic E-state index is 5.62. The first-order chi connectivity index (χ1) is 12.3. The van der Waals surface area contributed by atoms with Crippen LogP contribution in [0, 0.1) is 4.77 Å². The Morgan fingerprint density at radius 2 is 1.68 bits per heavy atom. The minimum atomic E-state index is 0.432. The Morgan fingerprint density at radius 1 is 0.960 bits per heavy atom. The van der Waals surface area contributed by atoms with E-state index >= 15 is 0 Å². The lowest BCUT2D eigenvalue weighted by Crippen LogP contribution is -2.47. The molecular weight excluding hydrogens is 336 g/mol. The zero-order valence-corrected chi connectivity index (χ0v) is 15.2. The predicted molar refractivity (Wildman–Crippen MR) is 96.8 cm³/mol. The van der Waals surface area contributed by atoms with Crippen LogP contribution in [-0.4, -0.2) is 60.8 Å². The summed E-state index contributed by atoms with van der Waals surface area (Å²) < 4.78 is 4.57. The highest BCUT2D eigenvalue weighted by Gasteiger charge is 2.22. The first-order valence-electron chi connectivity index (χ1n) is 9.08. The predicted octanol–water partition coefficient (Wildman–Crippen LogP) is 1.88. The van der Waals surface area contributed by atoms with Gasteiger partial charge in [-0.3, -0.25) is 4.90 Å². The maximum atomic E-state index is 5.62. The maximum Gasteiger partial charge on any atom is 0.225 e. The molecule has 9 heteroatoms. The van der Waals surface area contributed by atoms with E-state index in [1.807, 2.05) is 15.4 Å². The number of hydrogen-bond acceptors (Lipinski definition) is 7. The number of rotatable bonds is 4. The van der Waals surface area contributed by atoms with E-state index in [1.165, 1.54) is 32.1 Å². The molecule has 1 saturated heterocycles. The number of nitrogens with zero attached hydrogens (tertiary/aromatic N) is 8. The van der Waals surface area contributed by atoms with Crippen LogP contribution in [0.25, 0.3) is 0 Å². The molecule has 1 aliphatic carbocycles. The lowest BCUT2D eigenvalue weighted by Gasteiger charge is -2.34. The second kappa shape index (κ2) is 7.57. The molecule has 0 N–H and O–H groups in total. The second-order valence-electron chi connectivity index (χ2n) is 6.79. The summed E-state index contributed by atoms with van der Waals surface area (Å²) >= 11 is 5.62. The van der Waals surface area contributed by atoms with E-state index in [-0.39, 0.29) is 0 Å².